The van der Waals surface area contributed by atoms with Crippen molar-refractivity contribution < 1.29 is 0 Å². The first-order chi connectivity index (χ1) is 10.6. The van der Waals surface area contributed by atoms with Crippen molar-refractivity contribution in [3.8, 4) is 11.1 Å². The normalized spacial score (nSPS) is 10.7. The molecule has 0 saturated carbocycles. The van der Waals surface area contributed by atoms with E-state index < -0.39 is 0 Å². The van der Waals surface area contributed by atoms with Crippen molar-refractivity contribution in [3.05, 3.63) is 94.5 Å². The largest absolute Gasteiger partial charge is 0.0622 e. The second kappa shape index (κ2) is 6.19. The van der Waals surface area contributed by atoms with E-state index in [1.165, 1.54) is 38.9 Å². The van der Waals surface area contributed by atoms with Gasteiger partial charge in [0, 0.05) is 0 Å². The summed E-state index contributed by atoms with van der Waals surface area (Å²) in [4.78, 5) is 0. The summed E-state index contributed by atoms with van der Waals surface area (Å²) >= 11 is 0. The lowest BCUT2D eigenvalue weighted by atomic mass is 9.95. The highest BCUT2D eigenvalue weighted by Gasteiger charge is 2.04. The van der Waals surface area contributed by atoms with Crippen LogP contribution in [0.2, 0.25) is 0 Å². The van der Waals surface area contributed by atoms with Crippen molar-refractivity contribution in [2.24, 2.45) is 0 Å². The Morgan fingerprint density at radius 1 is 0.591 bits per heavy atom. The molecular formula is C22H22. The van der Waals surface area contributed by atoms with Crippen LogP contribution in [0.15, 0.2) is 66.7 Å². The van der Waals surface area contributed by atoms with Gasteiger partial charge in [0.25, 0.3) is 0 Å². The highest BCUT2D eigenvalue weighted by molar-refractivity contribution is 5.66. The Kier molecular flexibility index (Phi) is 4.11. The van der Waals surface area contributed by atoms with Gasteiger partial charge in [0.15, 0.2) is 0 Å². The molecule has 0 atom stereocenters. The van der Waals surface area contributed by atoms with Crippen LogP contribution < -0.4 is 0 Å². The SMILES string of the molecule is Cc1ccc(-c2ccc(Cc3ccccc3)c(C)c2)cc1C. The summed E-state index contributed by atoms with van der Waals surface area (Å²) in [5, 5.41) is 0. The average Bonchev–Trinajstić information content (AvgIpc) is 2.53. The van der Waals surface area contributed by atoms with E-state index in [0.717, 1.165) is 6.42 Å². The standard InChI is InChI=1S/C22H22/c1-16-9-10-21(13-17(16)2)22-12-11-20(18(3)14-22)15-19-7-5-4-6-8-19/h4-14H,15H2,1-3H3. The van der Waals surface area contributed by atoms with Gasteiger partial charge in [-0.2, -0.15) is 0 Å². The fourth-order valence-corrected chi connectivity index (χ4v) is 2.81. The minimum Gasteiger partial charge on any atom is -0.0622 e. The summed E-state index contributed by atoms with van der Waals surface area (Å²) in [6.45, 7) is 6.55. The average molecular weight is 286 g/mol. The molecule has 0 aliphatic rings. The molecule has 0 aromatic heterocycles. The lowest BCUT2D eigenvalue weighted by Crippen LogP contribution is -1.93. The molecule has 0 aliphatic heterocycles. The zero-order chi connectivity index (χ0) is 15.5. The Balaban J connectivity index is 1.90. The second-order valence-corrected chi connectivity index (χ2v) is 6.10. The fraction of sp³-hybridized carbons (Fsp3) is 0.182. The molecule has 0 aliphatic carbocycles. The molecule has 0 fully saturated rings. The van der Waals surface area contributed by atoms with Crippen molar-refractivity contribution in [2.45, 2.75) is 27.2 Å². The van der Waals surface area contributed by atoms with Gasteiger partial charge in [-0.05, 0) is 66.1 Å². The molecule has 0 N–H and O–H groups in total. The molecular weight excluding hydrogens is 264 g/mol. The summed E-state index contributed by atoms with van der Waals surface area (Å²) < 4.78 is 0. The van der Waals surface area contributed by atoms with Crippen molar-refractivity contribution >= 4 is 0 Å². The first-order valence-electron chi connectivity index (χ1n) is 7.84. The van der Waals surface area contributed by atoms with Crippen LogP contribution >= 0.6 is 0 Å². The maximum Gasteiger partial charge on any atom is -0.00231 e. The van der Waals surface area contributed by atoms with E-state index in [1.54, 1.807) is 0 Å². The van der Waals surface area contributed by atoms with Gasteiger partial charge >= 0.3 is 0 Å². The molecule has 110 valence electrons. The fourth-order valence-electron chi connectivity index (χ4n) is 2.81. The lowest BCUT2D eigenvalue weighted by Gasteiger charge is -2.10. The number of hydrogen-bond donors (Lipinski definition) is 0. The molecule has 0 heterocycles. The van der Waals surface area contributed by atoms with Gasteiger partial charge < -0.3 is 0 Å². The molecule has 3 aromatic carbocycles. The highest BCUT2D eigenvalue weighted by Crippen LogP contribution is 2.25. The Morgan fingerprint density at radius 3 is 1.86 bits per heavy atom. The third-order valence-corrected chi connectivity index (χ3v) is 4.42. The van der Waals surface area contributed by atoms with Crippen molar-refractivity contribution in [1.82, 2.24) is 0 Å². The van der Waals surface area contributed by atoms with Gasteiger partial charge in [0.1, 0.15) is 0 Å². The Hall–Kier alpha value is -2.34. The number of aryl methyl sites for hydroxylation is 3. The van der Waals surface area contributed by atoms with Crippen LogP contribution in [-0.2, 0) is 6.42 Å². The van der Waals surface area contributed by atoms with Crippen LogP contribution in [0.25, 0.3) is 11.1 Å². The van der Waals surface area contributed by atoms with Crippen molar-refractivity contribution in [3.63, 3.8) is 0 Å². The van der Waals surface area contributed by atoms with Crippen LogP contribution in [-0.4, -0.2) is 0 Å². The second-order valence-electron chi connectivity index (χ2n) is 6.10. The van der Waals surface area contributed by atoms with Crippen LogP contribution in [0, 0.1) is 20.8 Å². The molecule has 0 amide bonds. The van der Waals surface area contributed by atoms with E-state index >= 15 is 0 Å². The van der Waals surface area contributed by atoms with E-state index in [1.807, 2.05) is 0 Å². The molecule has 22 heavy (non-hydrogen) atoms. The third-order valence-electron chi connectivity index (χ3n) is 4.42. The smallest absolute Gasteiger partial charge is 0.00231 e. The maximum absolute atomic E-state index is 2.31. The van der Waals surface area contributed by atoms with E-state index in [-0.39, 0.29) is 0 Å². The monoisotopic (exact) mass is 286 g/mol. The summed E-state index contributed by atoms with van der Waals surface area (Å²) in [6, 6.07) is 24.2. The molecule has 0 heteroatoms. The van der Waals surface area contributed by atoms with Gasteiger partial charge in [-0.25, -0.2) is 0 Å². The minimum atomic E-state index is 1.000. The van der Waals surface area contributed by atoms with E-state index in [0.29, 0.717) is 0 Å². The molecule has 0 radical (unpaired) electrons. The topological polar surface area (TPSA) is 0 Å². The molecule has 3 rings (SSSR count). The van der Waals surface area contributed by atoms with E-state index in [9.17, 15) is 0 Å². The van der Waals surface area contributed by atoms with Crippen molar-refractivity contribution in [2.75, 3.05) is 0 Å². The predicted molar refractivity (Wildman–Crippen MR) is 95.3 cm³/mol. The zero-order valence-electron chi connectivity index (χ0n) is 13.6. The van der Waals surface area contributed by atoms with Crippen LogP contribution in [0.3, 0.4) is 0 Å². The van der Waals surface area contributed by atoms with E-state index in [4.69, 9.17) is 0 Å². The molecule has 0 unspecified atom stereocenters. The number of hydrogen-bond acceptors (Lipinski definition) is 0. The molecule has 0 nitrogen and oxygen atoms in total. The number of benzene rings is 3. The minimum absolute atomic E-state index is 1.000. The molecule has 0 bridgehead atoms. The Bertz CT molecular complexity index is 782. The Labute approximate surface area is 133 Å². The van der Waals surface area contributed by atoms with Crippen LogP contribution in [0.5, 0.6) is 0 Å². The predicted octanol–water partition coefficient (Wildman–Crippen LogP) is 5.87. The van der Waals surface area contributed by atoms with Crippen LogP contribution in [0.1, 0.15) is 27.8 Å². The summed E-state index contributed by atoms with van der Waals surface area (Å²) in [7, 11) is 0. The zero-order valence-corrected chi connectivity index (χ0v) is 13.6. The molecule has 0 spiro atoms. The van der Waals surface area contributed by atoms with Gasteiger partial charge in [-0.3, -0.25) is 0 Å². The van der Waals surface area contributed by atoms with Crippen molar-refractivity contribution in [1.29, 1.82) is 0 Å². The van der Waals surface area contributed by atoms with E-state index in [2.05, 4.69) is 87.5 Å². The summed E-state index contributed by atoms with van der Waals surface area (Å²) in [5.41, 5.74) is 9.43. The Morgan fingerprint density at radius 2 is 1.23 bits per heavy atom. The van der Waals surface area contributed by atoms with Gasteiger partial charge in [0.2, 0.25) is 0 Å². The molecule has 3 aromatic rings. The summed E-state index contributed by atoms with van der Waals surface area (Å²) in [5.74, 6) is 0. The third kappa shape index (κ3) is 3.12. The van der Waals surface area contributed by atoms with Crippen LogP contribution in [0.4, 0.5) is 0 Å². The highest BCUT2D eigenvalue weighted by atomic mass is 14.1. The summed E-state index contributed by atoms with van der Waals surface area (Å²) in [6.07, 6.45) is 1.000. The maximum atomic E-state index is 2.31. The quantitative estimate of drug-likeness (QED) is 0.565. The lowest BCUT2D eigenvalue weighted by molar-refractivity contribution is 1.16. The first-order valence-corrected chi connectivity index (χ1v) is 7.84. The first kappa shape index (κ1) is 14.6. The van der Waals surface area contributed by atoms with Gasteiger partial charge in [0.05, 0.1) is 0 Å². The van der Waals surface area contributed by atoms with Gasteiger partial charge in [-0.1, -0.05) is 66.7 Å². The van der Waals surface area contributed by atoms with Gasteiger partial charge in [-0.15, -0.1) is 0 Å². The molecule has 0 saturated heterocycles. The number of rotatable bonds is 3.